The second-order valence-corrected chi connectivity index (χ2v) is 1.98. The zero-order valence-corrected chi connectivity index (χ0v) is 5.27. The molecule has 56 valence electrons. The summed E-state index contributed by atoms with van der Waals surface area (Å²) in [4.78, 5) is 0. The Morgan fingerprint density at radius 3 is 2.10 bits per heavy atom. The van der Waals surface area contributed by atoms with Crippen molar-refractivity contribution in [3.63, 3.8) is 0 Å². The van der Waals surface area contributed by atoms with Crippen molar-refractivity contribution in [2.45, 2.75) is 6.54 Å². The molecule has 0 unspecified atom stereocenters. The molecule has 0 atom stereocenters. The van der Waals surface area contributed by atoms with Gasteiger partial charge < -0.3 is 5.73 Å². The van der Waals surface area contributed by atoms with Gasteiger partial charge in [-0.1, -0.05) is 0 Å². The molecule has 0 amide bonds. The number of benzene rings is 1. The lowest BCUT2D eigenvalue weighted by atomic mass is 10.2. The Hall–Kier alpha value is -0.960. The minimum atomic E-state index is -0.583. The van der Waals surface area contributed by atoms with E-state index in [0.29, 0.717) is 5.56 Å². The molecule has 0 aliphatic carbocycles. The minimum Gasteiger partial charge on any atom is -0.326 e. The molecule has 0 fully saturated rings. The number of rotatable bonds is 1. The predicted molar refractivity (Wildman–Crippen MR) is 36.4 cm³/mol. The predicted octanol–water partition coefficient (Wildman–Crippen LogP) is 1.67. The van der Waals surface area contributed by atoms with Crippen LogP contribution in [0.5, 0.6) is 0 Å². The lowest BCUT2D eigenvalue weighted by Gasteiger charge is -1.95. The standard InChI is InChI=1S/C7H7F2N.H2/c8-6-1-5(4-10)2-7(9)3-6;/h1-3H,4,10H2;1H. The maximum absolute atomic E-state index is 12.3. The van der Waals surface area contributed by atoms with Crippen molar-refractivity contribution in [2.75, 3.05) is 0 Å². The fourth-order valence-electron chi connectivity index (χ4n) is 0.729. The molecular formula is C7H9F2N. The van der Waals surface area contributed by atoms with Gasteiger partial charge in [-0.15, -0.1) is 0 Å². The summed E-state index contributed by atoms with van der Waals surface area (Å²) in [6.45, 7) is 0.161. The van der Waals surface area contributed by atoms with Gasteiger partial charge in [-0.05, 0) is 17.7 Å². The first-order valence-electron chi connectivity index (χ1n) is 2.87. The Morgan fingerprint density at radius 1 is 1.20 bits per heavy atom. The summed E-state index contributed by atoms with van der Waals surface area (Å²) < 4.78 is 24.6. The molecule has 1 nitrogen and oxygen atoms in total. The molecule has 3 heteroatoms. The van der Waals surface area contributed by atoms with E-state index in [-0.39, 0.29) is 7.97 Å². The molecule has 0 aliphatic rings. The van der Waals surface area contributed by atoms with Crippen molar-refractivity contribution >= 4 is 0 Å². The average molecular weight is 145 g/mol. The normalized spacial score (nSPS) is 9.90. The second-order valence-electron chi connectivity index (χ2n) is 1.98. The molecule has 0 spiro atoms. The van der Waals surface area contributed by atoms with Crippen LogP contribution in [0.15, 0.2) is 18.2 Å². The van der Waals surface area contributed by atoms with Crippen LogP contribution in [-0.2, 0) is 6.54 Å². The number of hydrogen-bond acceptors (Lipinski definition) is 1. The smallest absolute Gasteiger partial charge is 0.126 e. The molecular weight excluding hydrogens is 136 g/mol. The third-order valence-electron chi connectivity index (χ3n) is 1.16. The van der Waals surface area contributed by atoms with Crippen molar-refractivity contribution in [3.05, 3.63) is 35.4 Å². The quantitative estimate of drug-likeness (QED) is 0.639. The summed E-state index contributed by atoms with van der Waals surface area (Å²) in [6.07, 6.45) is 0. The molecule has 0 aromatic heterocycles. The second kappa shape index (κ2) is 2.75. The Labute approximate surface area is 59.0 Å². The van der Waals surface area contributed by atoms with Crippen molar-refractivity contribution < 1.29 is 10.2 Å². The van der Waals surface area contributed by atoms with Gasteiger partial charge in [0, 0.05) is 14.0 Å². The van der Waals surface area contributed by atoms with E-state index < -0.39 is 11.6 Å². The maximum Gasteiger partial charge on any atom is 0.126 e. The van der Waals surface area contributed by atoms with Crippen LogP contribution in [0.25, 0.3) is 0 Å². The molecule has 0 aliphatic heterocycles. The van der Waals surface area contributed by atoms with E-state index in [0.717, 1.165) is 6.07 Å². The molecule has 0 bridgehead atoms. The Bertz CT molecular complexity index is 220. The fourth-order valence-corrected chi connectivity index (χ4v) is 0.729. The van der Waals surface area contributed by atoms with Gasteiger partial charge in [-0.3, -0.25) is 0 Å². The number of halogens is 2. The maximum atomic E-state index is 12.3. The molecule has 10 heavy (non-hydrogen) atoms. The van der Waals surface area contributed by atoms with Crippen LogP contribution in [0.3, 0.4) is 0 Å². The van der Waals surface area contributed by atoms with Gasteiger partial charge in [-0.2, -0.15) is 0 Å². The van der Waals surface area contributed by atoms with Crippen molar-refractivity contribution in [3.8, 4) is 0 Å². The molecule has 1 aromatic carbocycles. The summed E-state index contributed by atoms with van der Waals surface area (Å²) in [5.74, 6) is -1.17. The Balaban J connectivity index is 0.000001000. The van der Waals surface area contributed by atoms with E-state index in [1.807, 2.05) is 0 Å². The molecule has 2 N–H and O–H groups in total. The molecule has 0 saturated heterocycles. The highest BCUT2D eigenvalue weighted by molar-refractivity contribution is 5.17. The third-order valence-corrected chi connectivity index (χ3v) is 1.16. The number of nitrogens with two attached hydrogens (primary N) is 1. The first kappa shape index (κ1) is 7.15. The van der Waals surface area contributed by atoms with E-state index in [2.05, 4.69) is 0 Å². The molecule has 0 saturated carbocycles. The molecule has 1 rings (SSSR count). The Morgan fingerprint density at radius 2 is 1.70 bits per heavy atom. The van der Waals surface area contributed by atoms with Crippen molar-refractivity contribution in [1.29, 1.82) is 0 Å². The lowest BCUT2D eigenvalue weighted by molar-refractivity contribution is 0.580. The molecule has 0 radical (unpaired) electrons. The summed E-state index contributed by atoms with van der Waals surface area (Å²) in [5.41, 5.74) is 5.62. The van der Waals surface area contributed by atoms with Crippen molar-refractivity contribution in [2.24, 2.45) is 5.73 Å². The van der Waals surface area contributed by atoms with E-state index in [4.69, 9.17) is 5.73 Å². The average Bonchev–Trinajstić information content (AvgIpc) is 1.85. The zero-order chi connectivity index (χ0) is 7.56. The van der Waals surface area contributed by atoms with Gasteiger partial charge in [0.05, 0.1) is 0 Å². The van der Waals surface area contributed by atoms with Crippen LogP contribution in [0.1, 0.15) is 6.99 Å². The first-order chi connectivity index (χ1) is 4.72. The summed E-state index contributed by atoms with van der Waals surface area (Å²) >= 11 is 0. The Kier molecular flexibility index (Phi) is 1.97. The van der Waals surface area contributed by atoms with Crippen LogP contribution in [-0.4, -0.2) is 0 Å². The zero-order valence-electron chi connectivity index (χ0n) is 5.27. The SMILES string of the molecule is NCc1cc(F)cc(F)c1.[HH]. The minimum absolute atomic E-state index is 0. The van der Waals surface area contributed by atoms with E-state index >= 15 is 0 Å². The van der Waals surface area contributed by atoms with Crippen LogP contribution in [0.4, 0.5) is 8.78 Å². The van der Waals surface area contributed by atoms with Crippen LogP contribution >= 0.6 is 0 Å². The van der Waals surface area contributed by atoms with Crippen LogP contribution in [0.2, 0.25) is 0 Å². The van der Waals surface area contributed by atoms with Gasteiger partial charge >= 0.3 is 0 Å². The molecule has 0 heterocycles. The first-order valence-corrected chi connectivity index (χ1v) is 2.87. The van der Waals surface area contributed by atoms with E-state index in [1.165, 1.54) is 12.1 Å². The number of hydrogen-bond donors (Lipinski definition) is 1. The van der Waals surface area contributed by atoms with Crippen LogP contribution in [0, 0.1) is 11.6 Å². The van der Waals surface area contributed by atoms with E-state index in [1.54, 1.807) is 0 Å². The summed E-state index contributed by atoms with van der Waals surface area (Å²) in [6, 6.07) is 3.24. The van der Waals surface area contributed by atoms with Gasteiger partial charge in [0.1, 0.15) is 11.6 Å². The monoisotopic (exact) mass is 145 g/mol. The summed E-state index contributed by atoms with van der Waals surface area (Å²) in [5, 5.41) is 0. The van der Waals surface area contributed by atoms with Crippen molar-refractivity contribution in [1.82, 2.24) is 0 Å². The van der Waals surface area contributed by atoms with Gasteiger partial charge in [0.15, 0.2) is 0 Å². The largest absolute Gasteiger partial charge is 0.326 e. The highest BCUT2D eigenvalue weighted by Crippen LogP contribution is 2.06. The highest BCUT2D eigenvalue weighted by Gasteiger charge is 1.96. The van der Waals surface area contributed by atoms with Crippen LogP contribution < -0.4 is 5.73 Å². The third kappa shape index (κ3) is 1.51. The summed E-state index contributed by atoms with van der Waals surface area (Å²) in [7, 11) is 0. The van der Waals surface area contributed by atoms with Gasteiger partial charge in [0.25, 0.3) is 0 Å². The topological polar surface area (TPSA) is 26.0 Å². The van der Waals surface area contributed by atoms with E-state index in [9.17, 15) is 8.78 Å². The molecule has 1 aromatic rings. The highest BCUT2D eigenvalue weighted by atomic mass is 19.1. The fraction of sp³-hybridized carbons (Fsp3) is 0.143. The van der Waals surface area contributed by atoms with Gasteiger partial charge in [0.2, 0.25) is 0 Å². The lowest BCUT2D eigenvalue weighted by Crippen LogP contribution is -1.97. The van der Waals surface area contributed by atoms with Gasteiger partial charge in [-0.25, -0.2) is 8.78 Å².